The van der Waals surface area contributed by atoms with Gasteiger partial charge in [-0.25, -0.2) is 17.9 Å². The summed E-state index contributed by atoms with van der Waals surface area (Å²) < 4.78 is 42.5. The van der Waals surface area contributed by atoms with Crippen molar-refractivity contribution < 1.29 is 27.4 Å². The molecule has 0 saturated heterocycles. The molecule has 2 aromatic carbocycles. The van der Waals surface area contributed by atoms with Crippen LogP contribution in [0.4, 0.5) is 0 Å². The van der Waals surface area contributed by atoms with Gasteiger partial charge < -0.3 is 14.2 Å². The topological polar surface area (TPSA) is 90.9 Å². The van der Waals surface area contributed by atoms with E-state index in [0.29, 0.717) is 24.3 Å². The quantitative estimate of drug-likeness (QED) is 0.488. The predicted molar refractivity (Wildman–Crippen MR) is 106 cm³/mol. The van der Waals surface area contributed by atoms with Gasteiger partial charge in [0.05, 0.1) is 36.8 Å². The van der Waals surface area contributed by atoms with Crippen molar-refractivity contribution in [3.8, 4) is 11.5 Å². The molecular weight excluding hydrogens is 406 g/mol. The highest BCUT2D eigenvalue weighted by atomic mass is 35.5. The van der Waals surface area contributed by atoms with Crippen LogP contribution < -0.4 is 14.2 Å². The minimum absolute atomic E-state index is 0.00244. The summed E-state index contributed by atoms with van der Waals surface area (Å²) in [5, 5.41) is 0.124. The number of methoxy groups -OCH3 is 3. The van der Waals surface area contributed by atoms with Gasteiger partial charge in [0.15, 0.2) is 11.5 Å². The second kappa shape index (κ2) is 9.77. The number of carbonyl (C=O) groups excluding carboxylic acids is 1. The molecule has 28 heavy (non-hydrogen) atoms. The molecule has 0 aliphatic carbocycles. The van der Waals surface area contributed by atoms with Gasteiger partial charge in [0.1, 0.15) is 0 Å². The van der Waals surface area contributed by atoms with E-state index in [0.717, 1.165) is 5.56 Å². The Labute approximate surface area is 169 Å². The van der Waals surface area contributed by atoms with E-state index in [1.54, 1.807) is 20.3 Å². The highest BCUT2D eigenvalue weighted by Gasteiger charge is 2.18. The van der Waals surface area contributed by atoms with Crippen LogP contribution in [0.25, 0.3) is 0 Å². The number of halogens is 1. The van der Waals surface area contributed by atoms with Crippen molar-refractivity contribution in [2.75, 3.05) is 27.9 Å². The number of ether oxygens (including phenoxy) is 3. The van der Waals surface area contributed by atoms with Crippen LogP contribution in [-0.2, 0) is 21.2 Å². The third kappa shape index (κ3) is 5.37. The number of hydrogen-bond donors (Lipinski definition) is 1. The van der Waals surface area contributed by atoms with E-state index in [9.17, 15) is 13.2 Å². The zero-order valence-electron chi connectivity index (χ0n) is 15.8. The smallest absolute Gasteiger partial charge is 0.339 e. The lowest BCUT2D eigenvalue weighted by Crippen LogP contribution is -2.25. The molecular formula is C19H22ClNO6S. The van der Waals surface area contributed by atoms with E-state index in [-0.39, 0.29) is 22.0 Å². The Morgan fingerprint density at radius 3 is 2.39 bits per heavy atom. The first-order valence-electron chi connectivity index (χ1n) is 8.40. The third-order valence-corrected chi connectivity index (χ3v) is 5.82. The number of carbonyl (C=O) groups is 1. The van der Waals surface area contributed by atoms with Crippen molar-refractivity contribution in [2.24, 2.45) is 0 Å². The van der Waals surface area contributed by atoms with Gasteiger partial charge in [-0.2, -0.15) is 0 Å². The summed E-state index contributed by atoms with van der Waals surface area (Å²) in [6.45, 7) is 0.229. The van der Waals surface area contributed by atoms with E-state index in [1.165, 1.54) is 25.3 Å². The van der Waals surface area contributed by atoms with Crippen molar-refractivity contribution in [1.82, 2.24) is 4.72 Å². The Morgan fingerprint density at radius 2 is 1.75 bits per heavy atom. The van der Waals surface area contributed by atoms with Crippen LogP contribution >= 0.6 is 11.6 Å². The van der Waals surface area contributed by atoms with Crippen LogP contribution in [0.1, 0.15) is 22.3 Å². The zero-order chi connectivity index (χ0) is 20.7. The van der Waals surface area contributed by atoms with E-state index >= 15 is 0 Å². The number of hydrogen-bond acceptors (Lipinski definition) is 6. The van der Waals surface area contributed by atoms with E-state index in [4.69, 9.17) is 21.1 Å². The van der Waals surface area contributed by atoms with Gasteiger partial charge in [-0.05, 0) is 48.7 Å². The number of rotatable bonds is 9. The SMILES string of the molecule is COC(=O)c1cc(S(=O)(=O)NCCCc2ccc(OC)c(OC)c2)ccc1Cl. The lowest BCUT2D eigenvalue weighted by atomic mass is 10.1. The molecule has 7 nitrogen and oxygen atoms in total. The van der Waals surface area contributed by atoms with Crippen LogP contribution in [0.15, 0.2) is 41.3 Å². The normalized spacial score (nSPS) is 11.1. The fourth-order valence-electron chi connectivity index (χ4n) is 2.56. The van der Waals surface area contributed by atoms with Crippen LogP contribution in [0.5, 0.6) is 11.5 Å². The van der Waals surface area contributed by atoms with Gasteiger partial charge >= 0.3 is 5.97 Å². The van der Waals surface area contributed by atoms with Crippen molar-refractivity contribution in [3.05, 3.63) is 52.5 Å². The first-order chi connectivity index (χ1) is 13.3. The highest BCUT2D eigenvalue weighted by Crippen LogP contribution is 2.28. The van der Waals surface area contributed by atoms with Gasteiger partial charge in [-0.3, -0.25) is 0 Å². The van der Waals surface area contributed by atoms with Gasteiger partial charge in [0, 0.05) is 6.54 Å². The maximum atomic E-state index is 12.5. The molecule has 0 bridgehead atoms. The van der Waals surface area contributed by atoms with E-state index < -0.39 is 16.0 Å². The Morgan fingerprint density at radius 1 is 1.04 bits per heavy atom. The molecule has 0 aliphatic heterocycles. The van der Waals surface area contributed by atoms with Gasteiger partial charge in [0.25, 0.3) is 0 Å². The van der Waals surface area contributed by atoms with Crippen molar-refractivity contribution in [3.63, 3.8) is 0 Å². The molecule has 0 aromatic heterocycles. The average molecular weight is 428 g/mol. The Kier molecular flexibility index (Phi) is 7.68. The van der Waals surface area contributed by atoms with Crippen LogP contribution in [0, 0.1) is 0 Å². The van der Waals surface area contributed by atoms with Gasteiger partial charge in [-0.1, -0.05) is 17.7 Å². The molecule has 0 spiro atoms. The number of aryl methyl sites for hydroxylation is 1. The molecule has 0 amide bonds. The van der Waals surface area contributed by atoms with Crippen molar-refractivity contribution >= 4 is 27.6 Å². The molecule has 0 heterocycles. The van der Waals surface area contributed by atoms with E-state index in [1.807, 2.05) is 12.1 Å². The lowest BCUT2D eigenvalue weighted by molar-refractivity contribution is 0.0600. The second-order valence-corrected chi connectivity index (χ2v) is 8.00. The minimum Gasteiger partial charge on any atom is -0.493 e. The molecule has 1 N–H and O–H groups in total. The maximum Gasteiger partial charge on any atom is 0.339 e. The second-order valence-electron chi connectivity index (χ2n) is 5.82. The molecule has 9 heteroatoms. The number of sulfonamides is 1. The van der Waals surface area contributed by atoms with Crippen molar-refractivity contribution in [2.45, 2.75) is 17.7 Å². The summed E-state index contributed by atoms with van der Waals surface area (Å²) in [6, 6.07) is 9.45. The summed E-state index contributed by atoms with van der Waals surface area (Å²) >= 11 is 5.93. The molecule has 2 aromatic rings. The Hall–Kier alpha value is -2.29. The summed E-state index contributed by atoms with van der Waals surface area (Å²) in [5.41, 5.74) is 0.994. The Balaban J connectivity index is 2.00. The van der Waals surface area contributed by atoms with Crippen LogP contribution in [-0.4, -0.2) is 42.3 Å². The summed E-state index contributed by atoms with van der Waals surface area (Å²) in [5.74, 6) is 0.559. The monoisotopic (exact) mass is 427 g/mol. The average Bonchev–Trinajstić information content (AvgIpc) is 2.70. The van der Waals surface area contributed by atoms with Gasteiger partial charge in [0.2, 0.25) is 10.0 Å². The lowest BCUT2D eigenvalue weighted by Gasteiger charge is -2.11. The Bertz CT molecular complexity index is 945. The maximum absolute atomic E-state index is 12.5. The molecule has 0 radical (unpaired) electrons. The standard InChI is InChI=1S/C19H22ClNO6S/c1-25-17-9-6-13(11-18(17)26-2)5-4-10-21-28(23,24)14-7-8-16(20)15(12-14)19(22)27-3/h6-9,11-12,21H,4-5,10H2,1-3H3. The van der Waals surface area contributed by atoms with Crippen LogP contribution in [0.2, 0.25) is 5.02 Å². The first-order valence-corrected chi connectivity index (χ1v) is 10.3. The number of benzene rings is 2. The fourth-order valence-corrected chi connectivity index (χ4v) is 3.85. The van der Waals surface area contributed by atoms with Crippen molar-refractivity contribution in [1.29, 1.82) is 0 Å². The number of nitrogens with one attached hydrogen (secondary N) is 1. The number of esters is 1. The summed E-state index contributed by atoms with van der Waals surface area (Å²) in [7, 11) is 0.544. The van der Waals surface area contributed by atoms with Gasteiger partial charge in [-0.15, -0.1) is 0 Å². The molecule has 2 rings (SSSR count). The molecule has 0 fully saturated rings. The minimum atomic E-state index is -3.78. The first kappa shape index (κ1) is 22.0. The predicted octanol–water partition coefficient (Wildman–Crippen LogP) is 3.05. The highest BCUT2D eigenvalue weighted by molar-refractivity contribution is 7.89. The largest absolute Gasteiger partial charge is 0.493 e. The summed E-state index contributed by atoms with van der Waals surface area (Å²) in [6.07, 6.45) is 1.23. The third-order valence-electron chi connectivity index (χ3n) is 4.04. The van der Waals surface area contributed by atoms with Crippen LogP contribution in [0.3, 0.4) is 0 Å². The molecule has 0 aliphatic rings. The molecule has 152 valence electrons. The molecule has 0 unspecified atom stereocenters. The van der Waals surface area contributed by atoms with E-state index in [2.05, 4.69) is 9.46 Å². The summed E-state index contributed by atoms with van der Waals surface area (Å²) in [4.78, 5) is 11.6. The zero-order valence-corrected chi connectivity index (χ0v) is 17.4. The molecule has 0 saturated carbocycles. The fraction of sp³-hybridized carbons (Fsp3) is 0.316. The molecule has 0 atom stereocenters.